The van der Waals surface area contributed by atoms with E-state index >= 15 is 0 Å². The number of hydrogen-bond acceptors (Lipinski definition) is 7. The van der Waals surface area contributed by atoms with Gasteiger partial charge in [-0.1, -0.05) is 0 Å². The van der Waals surface area contributed by atoms with Gasteiger partial charge in [0.05, 0.1) is 23.8 Å². The molecule has 0 bridgehead atoms. The van der Waals surface area contributed by atoms with Gasteiger partial charge in [0.1, 0.15) is 5.75 Å². The van der Waals surface area contributed by atoms with Crippen LogP contribution in [0.1, 0.15) is 24.2 Å². The topological polar surface area (TPSA) is 119 Å². The molecule has 0 unspecified atom stereocenters. The number of aromatic nitrogens is 2. The summed E-state index contributed by atoms with van der Waals surface area (Å²) in [6, 6.07) is 5.93. The molecule has 0 spiro atoms. The molecule has 1 amide bonds. The lowest BCUT2D eigenvalue weighted by Crippen LogP contribution is -2.14. The van der Waals surface area contributed by atoms with E-state index in [1.54, 1.807) is 0 Å². The van der Waals surface area contributed by atoms with Crippen molar-refractivity contribution in [2.24, 2.45) is 0 Å². The van der Waals surface area contributed by atoms with Crippen LogP contribution in [0, 0.1) is 24.0 Å². The summed E-state index contributed by atoms with van der Waals surface area (Å²) in [5.74, 6) is 0.578. The third-order valence-corrected chi connectivity index (χ3v) is 3.52. The maximum atomic E-state index is 12.1. The summed E-state index contributed by atoms with van der Waals surface area (Å²) in [6.45, 7) is 4.34. The van der Waals surface area contributed by atoms with Crippen LogP contribution in [0.3, 0.4) is 0 Å². The fourth-order valence-corrected chi connectivity index (χ4v) is 2.36. The number of carbonyl (C=O) groups is 1. The van der Waals surface area contributed by atoms with Crippen LogP contribution in [0.4, 0.5) is 17.3 Å². The van der Waals surface area contributed by atoms with Gasteiger partial charge in [0, 0.05) is 30.4 Å². The Labute approximate surface area is 151 Å². The number of aryl methyl sites for hydroxylation is 2. The van der Waals surface area contributed by atoms with Crippen LogP contribution in [0.2, 0.25) is 0 Å². The lowest BCUT2D eigenvalue weighted by Gasteiger charge is -2.10. The van der Waals surface area contributed by atoms with Gasteiger partial charge >= 0.3 is 0 Å². The molecule has 9 heteroatoms. The van der Waals surface area contributed by atoms with Gasteiger partial charge in [0.2, 0.25) is 11.9 Å². The molecular weight excluding hydrogens is 338 g/mol. The number of nitro benzene ring substituents is 1. The van der Waals surface area contributed by atoms with Crippen molar-refractivity contribution in [2.45, 2.75) is 26.7 Å². The van der Waals surface area contributed by atoms with Crippen molar-refractivity contribution in [1.29, 1.82) is 0 Å². The lowest BCUT2D eigenvalue weighted by molar-refractivity contribution is -0.384. The number of nitro groups is 1. The number of nitrogens with zero attached hydrogens (tertiary/aromatic N) is 3. The first-order valence-corrected chi connectivity index (χ1v) is 8.07. The Bertz CT molecular complexity index is 789. The molecule has 0 saturated carbocycles. The molecule has 1 aromatic carbocycles. The Morgan fingerprint density at radius 2 is 1.92 bits per heavy atom. The quantitative estimate of drug-likeness (QED) is 0.422. The Morgan fingerprint density at radius 3 is 2.54 bits per heavy atom. The van der Waals surface area contributed by atoms with E-state index in [1.165, 1.54) is 25.3 Å². The third-order valence-electron chi connectivity index (χ3n) is 3.52. The van der Waals surface area contributed by atoms with Gasteiger partial charge < -0.3 is 15.4 Å². The number of ether oxygens (including phenoxy) is 1. The summed E-state index contributed by atoms with van der Waals surface area (Å²) in [7, 11) is 1.39. The molecule has 0 saturated heterocycles. The minimum absolute atomic E-state index is 0.0995. The van der Waals surface area contributed by atoms with Crippen LogP contribution in [-0.2, 0) is 4.79 Å². The number of methoxy groups -OCH3 is 1. The highest BCUT2D eigenvalue weighted by Crippen LogP contribution is 2.29. The summed E-state index contributed by atoms with van der Waals surface area (Å²) in [5.41, 5.74) is 2.05. The number of amides is 1. The average Bonchev–Trinajstić information content (AvgIpc) is 2.58. The second-order valence-electron chi connectivity index (χ2n) is 5.69. The van der Waals surface area contributed by atoms with Gasteiger partial charge in [-0.25, -0.2) is 9.97 Å². The number of hydrogen-bond donors (Lipinski definition) is 2. The Kier molecular flexibility index (Phi) is 6.42. The zero-order chi connectivity index (χ0) is 19.1. The highest BCUT2D eigenvalue weighted by molar-refractivity contribution is 5.92. The monoisotopic (exact) mass is 359 g/mol. The number of nitrogens with one attached hydrogen (secondary N) is 2. The van der Waals surface area contributed by atoms with E-state index in [9.17, 15) is 14.9 Å². The maximum Gasteiger partial charge on any atom is 0.273 e. The first-order chi connectivity index (χ1) is 12.4. The second-order valence-corrected chi connectivity index (χ2v) is 5.69. The standard InChI is InChI=1S/C17H21N5O4/c1-11-9-12(2)20-17(19-11)18-8-4-5-16(23)21-14-7-6-13(22(24)25)10-15(14)26-3/h6-7,9-10H,4-5,8H2,1-3H3,(H,21,23)(H,18,19,20). The molecule has 2 rings (SSSR count). The third kappa shape index (κ3) is 5.40. The SMILES string of the molecule is COc1cc([N+](=O)[O-])ccc1NC(=O)CCCNc1nc(C)cc(C)n1. The number of carbonyl (C=O) groups excluding carboxylic acids is 1. The van der Waals surface area contributed by atoms with E-state index < -0.39 is 4.92 Å². The molecule has 2 aromatic rings. The molecule has 1 heterocycles. The van der Waals surface area contributed by atoms with Crippen LogP contribution < -0.4 is 15.4 Å². The average molecular weight is 359 g/mol. The van der Waals surface area contributed by atoms with Crippen LogP contribution in [0.5, 0.6) is 5.75 Å². The van der Waals surface area contributed by atoms with Crippen molar-refractivity contribution in [3.05, 3.63) is 45.8 Å². The molecule has 0 fully saturated rings. The van der Waals surface area contributed by atoms with Crippen molar-refractivity contribution in [3.63, 3.8) is 0 Å². The summed E-state index contributed by atoms with van der Waals surface area (Å²) in [6.07, 6.45) is 0.857. The molecule has 0 radical (unpaired) electrons. The van der Waals surface area contributed by atoms with Gasteiger partial charge in [0.15, 0.2) is 0 Å². The highest BCUT2D eigenvalue weighted by Gasteiger charge is 2.13. The van der Waals surface area contributed by atoms with Crippen molar-refractivity contribution in [3.8, 4) is 5.75 Å². The maximum absolute atomic E-state index is 12.1. The first-order valence-electron chi connectivity index (χ1n) is 8.07. The lowest BCUT2D eigenvalue weighted by atomic mass is 10.2. The van der Waals surface area contributed by atoms with Crippen LogP contribution in [0.25, 0.3) is 0 Å². The van der Waals surface area contributed by atoms with Gasteiger partial charge in [-0.2, -0.15) is 0 Å². The van der Waals surface area contributed by atoms with Gasteiger partial charge in [0.25, 0.3) is 5.69 Å². The molecule has 0 aliphatic heterocycles. The number of benzene rings is 1. The highest BCUT2D eigenvalue weighted by atomic mass is 16.6. The Morgan fingerprint density at radius 1 is 1.23 bits per heavy atom. The van der Waals surface area contributed by atoms with Gasteiger partial charge in [-0.15, -0.1) is 0 Å². The van der Waals surface area contributed by atoms with Crippen molar-refractivity contribution in [1.82, 2.24) is 9.97 Å². The summed E-state index contributed by atoms with van der Waals surface area (Å²) < 4.78 is 5.09. The van der Waals surface area contributed by atoms with E-state index in [-0.39, 0.29) is 23.8 Å². The largest absolute Gasteiger partial charge is 0.494 e. The number of rotatable bonds is 8. The zero-order valence-corrected chi connectivity index (χ0v) is 14.9. The second kappa shape index (κ2) is 8.75. The predicted octanol–water partition coefficient (Wildman–Crippen LogP) is 2.84. The molecular formula is C17H21N5O4. The zero-order valence-electron chi connectivity index (χ0n) is 14.9. The molecule has 0 aliphatic rings. The van der Waals surface area contributed by atoms with Crippen molar-refractivity contribution in [2.75, 3.05) is 24.3 Å². The van der Waals surface area contributed by atoms with E-state index in [0.717, 1.165) is 11.4 Å². The molecule has 0 aliphatic carbocycles. The fraction of sp³-hybridized carbons (Fsp3) is 0.353. The van der Waals surface area contributed by atoms with Crippen LogP contribution >= 0.6 is 0 Å². The molecule has 2 N–H and O–H groups in total. The molecule has 138 valence electrons. The van der Waals surface area contributed by atoms with Crippen molar-refractivity contribution >= 4 is 23.2 Å². The number of non-ortho nitro benzene ring substituents is 1. The van der Waals surface area contributed by atoms with Gasteiger partial charge in [-0.05, 0) is 32.4 Å². The van der Waals surface area contributed by atoms with E-state index in [0.29, 0.717) is 24.6 Å². The minimum Gasteiger partial charge on any atom is -0.494 e. The van der Waals surface area contributed by atoms with E-state index in [1.807, 2.05) is 19.9 Å². The molecule has 9 nitrogen and oxygen atoms in total. The number of anilines is 2. The summed E-state index contributed by atoms with van der Waals surface area (Å²) in [5, 5.41) is 16.6. The van der Waals surface area contributed by atoms with Crippen LogP contribution in [-0.4, -0.2) is 34.5 Å². The fourth-order valence-electron chi connectivity index (χ4n) is 2.36. The Balaban J connectivity index is 1.84. The normalized spacial score (nSPS) is 10.3. The summed E-state index contributed by atoms with van der Waals surface area (Å²) >= 11 is 0. The van der Waals surface area contributed by atoms with Crippen LogP contribution in [0.15, 0.2) is 24.3 Å². The van der Waals surface area contributed by atoms with Gasteiger partial charge in [-0.3, -0.25) is 14.9 Å². The molecule has 1 aromatic heterocycles. The first kappa shape index (κ1) is 19.1. The summed E-state index contributed by atoms with van der Waals surface area (Å²) in [4.78, 5) is 30.9. The Hall–Kier alpha value is -3.23. The smallest absolute Gasteiger partial charge is 0.273 e. The van der Waals surface area contributed by atoms with E-state index in [2.05, 4.69) is 20.6 Å². The minimum atomic E-state index is -0.519. The predicted molar refractivity (Wildman–Crippen MR) is 97.5 cm³/mol. The van der Waals surface area contributed by atoms with Crippen molar-refractivity contribution < 1.29 is 14.5 Å². The molecule has 0 atom stereocenters. The molecule has 26 heavy (non-hydrogen) atoms. The van der Waals surface area contributed by atoms with E-state index in [4.69, 9.17) is 4.74 Å².